The maximum atomic E-state index is 12.9. The van der Waals surface area contributed by atoms with Crippen LogP contribution in [0.4, 0.5) is 5.82 Å². The Bertz CT molecular complexity index is 1150. The topological polar surface area (TPSA) is 84.2 Å². The summed E-state index contributed by atoms with van der Waals surface area (Å²) in [5.74, 6) is 1.67. The van der Waals surface area contributed by atoms with Gasteiger partial charge in [0.1, 0.15) is 18.2 Å². The Morgan fingerprint density at radius 3 is 2.76 bits per heavy atom. The number of hydrogen-bond acceptors (Lipinski definition) is 5. The highest BCUT2D eigenvalue weighted by Gasteiger charge is 2.32. The van der Waals surface area contributed by atoms with Crippen LogP contribution in [-0.4, -0.2) is 49.6 Å². The van der Waals surface area contributed by atoms with Crippen LogP contribution in [0.5, 0.6) is 0 Å². The zero-order chi connectivity index (χ0) is 22.8. The molecule has 3 aromatic rings. The van der Waals surface area contributed by atoms with Gasteiger partial charge in [0, 0.05) is 49.1 Å². The van der Waals surface area contributed by atoms with Gasteiger partial charge in [0.2, 0.25) is 11.8 Å². The normalized spacial score (nSPS) is 18.3. The second-order valence-corrected chi connectivity index (χ2v) is 8.82. The van der Waals surface area contributed by atoms with Crippen molar-refractivity contribution in [1.29, 1.82) is 0 Å². The molecule has 1 atom stereocenters. The van der Waals surface area contributed by atoms with Crippen molar-refractivity contribution in [2.45, 2.75) is 51.6 Å². The summed E-state index contributed by atoms with van der Waals surface area (Å²) >= 11 is 0. The molecule has 8 nitrogen and oxygen atoms in total. The Morgan fingerprint density at radius 1 is 1.12 bits per heavy atom. The van der Waals surface area contributed by atoms with E-state index in [4.69, 9.17) is 9.97 Å². The van der Waals surface area contributed by atoms with Gasteiger partial charge in [-0.15, -0.1) is 0 Å². The average molecular weight is 445 g/mol. The van der Waals surface area contributed by atoms with Crippen LogP contribution in [0.2, 0.25) is 0 Å². The zero-order valence-electron chi connectivity index (χ0n) is 18.9. The standard InChI is InChI=1S/C25H28N6O2/c1-18-21-10-11-22(32)31(15-19-7-3-2-4-8-19)25(21)28-24(27-18)20-9-5-13-29(16-20)23(33)17-30-14-6-12-26-30/h2-4,6-8,12,14,20H,5,9-11,13,15-17H2,1H3/t20-/m1/s1. The molecule has 0 spiro atoms. The van der Waals surface area contributed by atoms with E-state index in [9.17, 15) is 9.59 Å². The fourth-order valence-electron chi connectivity index (χ4n) is 4.76. The van der Waals surface area contributed by atoms with Crippen molar-refractivity contribution in [2.75, 3.05) is 18.0 Å². The van der Waals surface area contributed by atoms with Gasteiger partial charge in [-0.25, -0.2) is 9.97 Å². The van der Waals surface area contributed by atoms with Gasteiger partial charge in [0.05, 0.1) is 6.54 Å². The van der Waals surface area contributed by atoms with Crippen molar-refractivity contribution in [3.63, 3.8) is 0 Å². The molecule has 0 aliphatic carbocycles. The molecule has 2 aliphatic heterocycles. The Labute approximate surface area is 193 Å². The van der Waals surface area contributed by atoms with Crippen LogP contribution in [0.1, 0.15) is 47.8 Å². The van der Waals surface area contributed by atoms with Crippen molar-refractivity contribution in [3.05, 3.63) is 71.4 Å². The number of amides is 2. The molecule has 0 N–H and O–H groups in total. The molecule has 4 heterocycles. The number of likely N-dealkylation sites (tertiary alicyclic amines) is 1. The summed E-state index contributed by atoms with van der Waals surface area (Å²) in [6.07, 6.45) is 6.46. The van der Waals surface area contributed by atoms with Crippen LogP contribution < -0.4 is 4.90 Å². The quantitative estimate of drug-likeness (QED) is 0.604. The molecule has 1 aromatic carbocycles. The smallest absolute Gasteiger partial charge is 0.244 e. The van der Waals surface area contributed by atoms with Crippen LogP contribution >= 0.6 is 0 Å². The minimum atomic E-state index is 0.0546. The van der Waals surface area contributed by atoms with Crippen LogP contribution in [0.3, 0.4) is 0 Å². The monoisotopic (exact) mass is 444 g/mol. The molecular formula is C25H28N6O2. The van der Waals surface area contributed by atoms with Crippen LogP contribution in [0.25, 0.3) is 0 Å². The third kappa shape index (κ3) is 4.51. The molecule has 0 saturated carbocycles. The van der Waals surface area contributed by atoms with E-state index < -0.39 is 0 Å². The number of carbonyl (C=O) groups is 2. The number of hydrogen-bond donors (Lipinski definition) is 0. The van der Waals surface area contributed by atoms with E-state index >= 15 is 0 Å². The Balaban J connectivity index is 1.39. The number of carbonyl (C=O) groups excluding carboxylic acids is 2. The van der Waals surface area contributed by atoms with Crippen molar-refractivity contribution in [2.24, 2.45) is 0 Å². The summed E-state index contributed by atoms with van der Waals surface area (Å²) in [7, 11) is 0. The third-order valence-corrected chi connectivity index (χ3v) is 6.53. The lowest BCUT2D eigenvalue weighted by Crippen LogP contribution is -2.41. The van der Waals surface area contributed by atoms with E-state index in [1.807, 2.05) is 48.2 Å². The van der Waals surface area contributed by atoms with Crippen LogP contribution in [0.15, 0.2) is 48.8 Å². The van der Waals surface area contributed by atoms with E-state index in [0.717, 1.165) is 47.8 Å². The highest BCUT2D eigenvalue weighted by Crippen LogP contribution is 2.33. The first-order chi connectivity index (χ1) is 16.1. The van der Waals surface area contributed by atoms with Gasteiger partial charge in [0.15, 0.2) is 0 Å². The van der Waals surface area contributed by atoms with E-state index in [1.54, 1.807) is 22.0 Å². The molecular weight excluding hydrogens is 416 g/mol. The van der Waals surface area contributed by atoms with Crippen molar-refractivity contribution < 1.29 is 9.59 Å². The second-order valence-electron chi connectivity index (χ2n) is 8.82. The van der Waals surface area contributed by atoms with Gasteiger partial charge in [-0.2, -0.15) is 5.10 Å². The van der Waals surface area contributed by atoms with E-state index in [-0.39, 0.29) is 24.3 Å². The molecule has 2 aliphatic rings. The molecule has 1 fully saturated rings. The fraction of sp³-hybridized carbons (Fsp3) is 0.400. The maximum absolute atomic E-state index is 12.9. The van der Waals surface area contributed by atoms with E-state index in [0.29, 0.717) is 25.9 Å². The van der Waals surface area contributed by atoms with E-state index in [1.165, 1.54) is 0 Å². The zero-order valence-corrected chi connectivity index (χ0v) is 18.9. The van der Waals surface area contributed by atoms with Gasteiger partial charge < -0.3 is 4.90 Å². The van der Waals surface area contributed by atoms with Crippen molar-refractivity contribution in [1.82, 2.24) is 24.6 Å². The summed E-state index contributed by atoms with van der Waals surface area (Å²) < 4.78 is 1.65. The first-order valence-electron chi connectivity index (χ1n) is 11.6. The molecule has 33 heavy (non-hydrogen) atoms. The third-order valence-electron chi connectivity index (χ3n) is 6.53. The van der Waals surface area contributed by atoms with Gasteiger partial charge in [-0.3, -0.25) is 19.2 Å². The molecule has 2 amide bonds. The number of fused-ring (bicyclic) bond motifs is 1. The minimum Gasteiger partial charge on any atom is -0.340 e. The lowest BCUT2D eigenvalue weighted by Gasteiger charge is -2.34. The predicted octanol–water partition coefficient (Wildman–Crippen LogP) is 2.87. The molecule has 8 heteroatoms. The SMILES string of the molecule is Cc1nc([C@@H]2CCCN(C(=O)Cn3cccn3)C2)nc2c1CCC(=O)N2Cc1ccccc1. The predicted molar refractivity (Wildman–Crippen MR) is 124 cm³/mol. The number of piperidine rings is 1. The Kier molecular flexibility index (Phi) is 5.90. The number of nitrogens with zero attached hydrogens (tertiary/aromatic N) is 6. The summed E-state index contributed by atoms with van der Waals surface area (Å²) in [5.41, 5.74) is 3.06. The van der Waals surface area contributed by atoms with Gasteiger partial charge in [-0.05, 0) is 37.8 Å². The Morgan fingerprint density at radius 2 is 1.97 bits per heavy atom. The summed E-state index contributed by atoms with van der Waals surface area (Å²) in [5, 5.41) is 4.14. The van der Waals surface area contributed by atoms with Crippen LogP contribution in [0, 0.1) is 6.92 Å². The first kappa shape index (κ1) is 21.3. The fourth-order valence-corrected chi connectivity index (χ4v) is 4.76. The molecule has 5 rings (SSSR count). The van der Waals surface area contributed by atoms with Gasteiger partial charge >= 0.3 is 0 Å². The van der Waals surface area contributed by atoms with Gasteiger partial charge in [-0.1, -0.05) is 30.3 Å². The molecule has 1 saturated heterocycles. The average Bonchev–Trinajstić information content (AvgIpc) is 3.34. The summed E-state index contributed by atoms with van der Waals surface area (Å²) in [4.78, 5) is 39.1. The Hall–Kier alpha value is -3.55. The van der Waals surface area contributed by atoms with Crippen molar-refractivity contribution >= 4 is 17.6 Å². The number of rotatable bonds is 5. The molecule has 0 bridgehead atoms. The minimum absolute atomic E-state index is 0.0546. The highest BCUT2D eigenvalue weighted by atomic mass is 16.2. The molecule has 170 valence electrons. The maximum Gasteiger partial charge on any atom is 0.244 e. The van der Waals surface area contributed by atoms with Crippen LogP contribution in [-0.2, 0) is 29.1 Å². The number of benzene rings is 1. The number of aryl methyl sites for hydroxylation is 1. The van der Waals surface area contributed by atoms with E-state index in [2.05, 4.69) is 5.10 Å². The largest absolute Gasteiger partial charge is 0.340 e. The number of aromatic nitrogens is 4. The molecule has 0 unspecified atom stereocenters. The van der Waals surface area contributed by atoms with Crippen molar-refractivity contribution in [3.8, 4) is 0 Å². The van der Waals surface area contributed by atoms with Gasteiger partial charge in [0.25, 0.3) is 0 Å². The highest BCUT2D eigenvalue weighted by molar-refractivity contribution is 5.95. The molecule has 2 aromatic heterocycles. The molecule has 0 radical (unpaired) electrons. The summed E-state index contributed by atoms with van der Waals surface area (Å²) in [6.45, 7) is 4.07. The first-order valence-corrected chi connectivity index (χ1v) is 11.6. The lowest BCUT2D eigenvalue weighted by molar-refractivity contribution is -0.133. The second kappa shape index (κ2) is 9.13. The summed E-state index contributed by atoms with van der Waals surface area (Å²) in [6, 6.07) is 11.8. The lowest BCUT2D eigenvalue weighted by atomic mass is 9.95. The number of anilines is 1.